The third-order valence-corrected chi connectivity index (χ3v) is 1.44. The molecule has 0 amide bonds. The van der Waals surface area contributed by atoms with Crippen LogP contribution in [-0.4, -0.2) is 12.5 Å². The van der Waals surface area contributed by atoms with E-state index in [-0.39, 0.29) is 0 Å². The molecular weight excluding hydrogens is 160 g/mol. The molecule has 11 heavy (non-hydrogen) atoms. The third-order valence-electron chi connectivity index (χ3n) is 1.18. The molecule has 0 saturated heterocycles. The van der Waals surface area contributed by atoms with Crippen molar-refractivity contribution in [2.24, 2.45) is 0 Å². The van der Waals surface area contributed by atoms with E-state index in [2.05, 4.69) is 11.5 Å². The Kier molecular flexibility index (Phi) is 3.64. The Balaban J connectivity index is 2.24. The van der Waals surface area contributed by atoms with Crippen LogP contribution >= 0.6 is 11.6 Å². The minimum absolute atomic E-state index is 0.642. The first kappa shape index (κ1) is 8.23. The minimum atomic E-state index is 0.642. The van der Waals surface area contributed by atoms with Gasteiger partial charge in [0.2, 0.25) is 0 Å². The first-order valence-corrected chi connectivity index (χ1v) is 4.03. The van der Waals surface area contributed by atoms with Gasteiger partial charge in [0, 0.05) is 12.0 Å². The lowest BCUT2D eigenvalue weighted by molar-refractivity contribution is 0.225. The molecule has 0 aromatic rings. The van der Waals surface area contributed by atoms with Gasteiger partial charge in [0.15, 0.2) is 0 Å². The standard InChI is InChI=1S/C9H9ClO/c10-7-4-8-11-9-5-2-1-3-6-9/h2,5-6H,4,7-8H2. The number of ether oxygens (including phenoxy) is 1. The van der Waals surface area contributed by atoms with Crippen molar-refractivity contribution in [1.82, 2.24) is 0 Å². The second-order valence-corrected chi connectivity index (χ2v) is 2.44. The molecule has 0 unspecified atom stereocenters. The van der Waals surface area contributed by atoms with Crippen LogP contribution in [0, 0.1) is 0 Å². The lowest BCUT2D eigenvalue weighted by atomic mass is 10.3. The smallest absolute Gasteiger partial charge is 0.128 e. The average molecular weight is 169 g/mol. The number of rotatable bonds is 4. The van der Waals surface area contributed by atoms with E-state index in [1.807, 2.05) is 6.08 Å². The lowest BCUT2D eigenvalue weighted by Crippen LogP contribution is -1.93. The van der Waals surface area contributed by atoms with Crippen LogP contribution < -0.4 is 0 Å². The van der Waals surface area contributed by atoms with Gasteiger partial charge in [0.1, 0.15) is 5.76 Å². The van der Waals surface area contributed by atoms with E-state index in [0.29, 0.717) is 12.5 Å². The van der Waals surface area contributed by atoms with Crippen LogP contribution in [0.2, 0.25) is 0 Å². The Hall–Kier alpha value is -0.870. The van der Waals surface area contributed by atoms with E-state index in [9.17, 15) is 0 Å². The first-order valence-electron chi connectivity index (χ1n) is 3.50. The van der Waals surface area contributed by atoms with Crippen molar-refractivity contribution < 1.29 is 4.74 Å². The molecule has 2 heteroatoms. The van der Waals surface area contributed by atoms with Crippen LogP contribution in [0.1, 0.15) is 6.42 Å². The first-order chi connectivity index (χ1) is 5.43. The molecule has 1 nitrogen and oxygen atoms in total. The summed E-state index contributed by atoms with van der Waals surface area (Å²) < 4.78 is 5.31. The Labute approximate surface area is 71.3 Å². The SMILES string of the molecule is ClCCCOC1=CC=C=C=C1. The van der Waals surface area contributed by atoms with E-state index >= 15 is 0 Å². The molecule has 0 heterocycles. The summed E-state index contributed by atoms with van der Waals surface area (Å²) in [6, 6.07) is 0. The van der Waals surface area contributed by atoms with Crippen LogP contribution in [-0.2, 0) is 4.74 Å². The molecule has 0 saturated carbocycles. The number of allylic oxidation sites excluding steroid dienone is 3. The quantitative estimate of drug-likeness (QED) is 0.356. The van der Waals surface area contributed by atoms with Gasteiger partial charge in [0.25, 0.3) is 0 Å². The number of halogens is 1. The molecule has 0 bridgehead atoms. The van der Waals surface area contributed by atoms with Crippen LogP contribution in [0.3, 0.4) is 0 Å². The Morgan fingerprint density at radius 1 is 1.45 bits per heavy atom. The summed E-state index contributed by atoms with van der Waals surface area (Å²) in [5.41, 5.74) is 5.60. The van der Waals surface area contributed by atoms with Gasteiger partial charge in [-0.1, -0.05) is 11.5 Å². The summed E-state index contributed by atoms with van der Waals surface area (Å²) >= 11 is 5.47. The zero-order chi connectivity index (χ0) is 7.94. The molecule has 58 valence electrons. The molecule has 1 aliphatic rings. The van der Waals surface area contributed by atoms with Crippen molar-refractivity contribution in [1.29, 1.82) is 0 Å². The van der Waals surface area contributed by atoms with Crippen molar-refractivity contribution in [3.8, 4) is 0 Å². The second-order valence-electron chi connectivity index (χ2n) is 2.06. The van der Waals surface area contributed by atoms with Gasteiger partial charge in [-0.2, -0.15) is 0 Å². The van der Waals surface area contributed by atoms with Crippen molar-refractivity contribution in [2.45, 2.75) is 6.42 Å². The molecule has 1 aliphatic carbocycles. The van der Waals surface area contributed by atoms with Crippen molar-refractivity contribution in [3.05, 3.63) is 35.4 Å². The van der Waals surface area contributed by atoms with Crippen molar-refractivity contribution in [3.63, 3.8) is 0 Å². The zero-order valence-electron chi connectivity index (χ0n) is 6.14. The Morgan fingerprint density at radius 3 is 3.00 bits per heavy atom. The second kappa shape index (κ2) is 4.87. The fourth-order valence-corrected chi connectivity index (χ4v) is 0.776. The maximum Gasteiger partial charge on any atom is 0.128 e. The number of hydrogen-bond acceptors (Lipinski definition) is 1. The molecule has 0 aromatic heterocycles. The lowest BCUT2D eigenvalue weighted by Gasteiger charge is -2.03. The molecule has 0 aromatic carbocycles. The summed E-state index contributed by atoms with van der Waals surface area (Å²) in [7, 11) is 0. The maximum absolute atomic E-state index is 5.47. The normalized spacial score (nSPS) is 13.4. The van der Waals surface area contributed by atoms with E-state index in [1.165, 1.54) is 0 Å². The molecule has 0 atom stereocenters. The fraction of sp³-hybridized carbons (Fsp3) is 0.333. The van der Waals surface area contributed by atoms with Gasteiger partial charge in [-0.15, -0.1) is 11.6 Å². The minimum Gasteiger partial charge on any atom is -0.493 e. The molecule has 1 rings (SSSR count). The van der Waals surface area contributed by atoms with Gasteiger partial charge in [-0.25, -0.2) is 0 Å². The molecule has 0 fully saturated rings. The van der Waals surface area contributed by atoms with Crippen LogP contribution in [0.5, 0.6) is 0 Å². The van der Waals surface area contributed by atoms with Crippen LogP contribution in [0.15, 0.2) is 35.4 Å². The fourth-order valence-electron chi connectivity index (χ4n) is 0.667. The zero-order valence-corrected chi connectivity index (χ0v) is 6.90. The van der Waals surface area contributed by atoms with Gasteiger partial charge >= 0.3 is 0 Å². The largest absolute Gasteiger partial charge is 0.493 e. The monoisotopic (exact) mass is 168 g/mol. The predicted molar refractivity (Wildman–Crippen MR) is 45.5 cm³/mol. The highest BCUT2D eigenvalue weighted by Gasteiger charge is 1.92. The summed E-state index contributed by atoms with van der Waals surface area (Å²) in [6.07, 6.45) is 6.26. The average Bonchev–Trinajstić information content (AvgIpc) is 2.07. The number of alkyl halides is 1. The van der Waals surface area contributed by atoms with Crippen molar-refractivity contribution >= 4 is 11.6 Å². The Bertz CT molecular complexity index is 240. The van der Waals surface area contributed by atoms with Crippen LogP contribution in [0.25, 0.3) is 0 Å². The summed E-state index contributed by atoms with van der Waals surface area (Å²) in [5, 5.41) is 0. The van der Waals surface area contributed by atoms with E-state index < -0.39 is 0 Å². The molecular formula is C9H9ClO. The maximum atomic E-state index is 5.47. The highest BCUT2D eigenvalue weighted by molar-refractivity contribution is 6.17. The van der Waals surface area contributed by atoms with Gasteiger partial charge < -0.3 is 4.74 Å². The summed E-state index contributed by atoms with van der Waals surface area (Å²) in [4.78, 5) is 0. The van der Waals surface area contributed by atoms with E-state index in [1.54, 1.807) is 12.2 Å². The van der Waals surface area contributed by atoms with Gasteiger partial charge in [-0.3, -0.25) is 0 Å². The highest BCUT2D eigenvalue weighted by atomic mass is 35.5. The summed E-state index contributed by atoms with van der Waals surface area (Å²) in [6.45, 7) is 0.668. The summed E-state index contributed by atoms with van der Waals surface area (Å²) in [5.74, 6) is 1.47. The molecule has 0 N–H and O–H groups in total. The molecule has 0 spiro atoms. The molecule has 0 radical (unpaired) electrons. The van der Waals surface area contributed by atoms with E-state index in [0.717, 1.165) is 12.2 Å². The molecule has 0 aliphatic heterocycles. The third kappa shape index (κ3) is 3.15. The van der Waals surface area contributed by atoms with Gasteiger partial charge in [-0.05, 0) is 18.6 Å². The van der Waals surface area contributed by atoms with Gasteiger partial charge in [0.05, 0.1) is 6.61 Å². The topological polar surface area (TPSA) is 9.23 Å². The van der Waals surface area contributed by atoms with Crippen LogP contribution in [0.4, 0.5) is 0 Å². The Morgan fingerprint density at radius 2 is 2.36 bits per heavy atom. The van der Waals surface area contributed by atoms with Crippen molar-refractivity contribution in [2.75, 3.05) is 12.5 Å². The highest BCUT2D eigenvalue weighted by Crippen LogP contribution is 2.02. The predicted octanol–water partition coefficient (Wildman–Crippen LogP) is 2.40. The van der Waals surface area contributed by atoms with E-state index in [4.69, 9.17) is 16.3 Å². The number of hydrogen-bond donors (Lipinski definition) is 0.